The minimum atomic E-state index is -4.41. The van der Waals surface area contributed by atoms with Crippen LogP contribution < -0.4 is 0 Å². The fourth-order valence-corrected chi connectivity index (χ4v) is 3.01. The summed E-state index contributed by atoms with van der Waals surface area (Å²) in [6.07, 6.45) is -1.11. The first-order valence-corrected chi connectivity index (χ1v) is 8.26. The molecule has 0 amide bonds. The molecule has 27 heavy (non-hydrogen) atoms. The van der Waals surface area contributed by atoms with E-state index in [4.69, 9.17) is 0 Å². The predicted molar refractivity (Wildman–Crippen MR) is 97.2 cm³/mol. The Kier molecular flexibility index (Phi) is 4.24. The number of hydrogen-bond acceptors (Lipinski definition) is 2. The first-order chi connectivity index (χ1) is 13.0. The first-order valence-electron chi connectivity index (χ1n) is 8.26. The van der Waals surface area contributed by atoms with E-state index in [1.54, 1.807) is 47.4 Å². The van der Waals surface area contributed by atoms with E-state index in [0.717, 1.165) is 17.3 Å². The summed E-state index contributed by atoms with van der Waals surface area (Å²) in [4.78, 5) is 4.29. The van der Waals surface area contributed by atoms with Gasteiger partial charge in [0.1, 0.15) is 0 Å². The first kappa shape index (κ1) is 17.0. The lowest BCUT2D eigenvalue weighted by Crippen LogP contribution is -2.07. The van der Waals surface area contributed by atoms with Crippen LogP contribution in [0, 0.1) is 0 Å². The van der Waals surface area contributed by atoms with E-state index < -0.39 is 11.7 Å². The van der Waals surface area contributed by atoms with Gasteiger partial charge < -0.3 is 0 Å². The summed E-state index contributed by atoms with van der Waals surface area (Å²) in [6.45, 7) is 0. The summed E-state index contributed by atoms with van der Waals surface area (Å²) in [7, 11) is 0. The fourth-order valence-electron chi connectivity index (χ4n) is 3.01. The molecular weight excluding hydrogens is 351 g/mol. The molecule has 0 N–H and O–H groups in total. The summed E-state index contributed by atoms with van der Waals surface area (Å²) >= 11 is 0. The van der Waals surface area contributed by atoms with Crippen LogP contribution >= 0.6 is 0 Å². The topological polar surface area (TPSA) is 30.7 Å². The van der Waals surface area contributed by atoms with Gasteiger partial charge in [0, 0.05) is 11.8 Å². The van der Waals surface area contributed by atoms with Crippen molar-refractivity contribution in [3.63, 3.8) is 0 Å². The lowest BCUT2D eigenvalue weighted by atomic mass is 9.97. The molecule has 0 spiro atoms. The Balaban J connectivity index is 1.82. The van der Waals surface area contributed by atoms with Crippen molar-refractivity contribution in [3.05, 3.63) is 90.8 Å². The van der Waals surface area contributed by atoms with Crippen molar-refractivity contribution in [1.29, 1.82) is 0 Å². The van der Waals surface area contributed by atoms with Gasteiger partial charge >= 0.3 is 6.18 Å². The van der Waals surface area contributed by atoms with Gasteiger partial charge in [-0.05, 0) is 41.5 Å². The predicted octanol–water partition coefficient (Wildman–Crippen LogP) is 5.62. The molecule has 0 aliphatic heterocycles. The zero-order valence-electron chi connectivity index (χ0n) is 14.1. The number of rotatable bonds is 3. The molecule has 0 fully saturated rings. The molecular formula is C21H14F3N3. The third kappa shape index (κ3) is 3.33. The molecule has 6 heteroatoms. The molecule has 4 aromatic rings. The molecule has 0 saturated heterocycles. The van der Waals surface area contributed by atoms with E-state index in [9.17, 15) is 13.2 Å². The Morgan fingerprint density at radius 2 is 1.52 bits per heavy atom. The summed E-state index contributed by atoms with van der Waals surface area (Å²) in [6, 6.07) is 19.9. The van der Waals surface area contributed by atoms with Gasteiger partial charge in [0.05, 0.1) is 17.5 Å². The van der Waals surface area contributed by atoms with Crippen molar-refractivity contribution in [2.45, 2.75) is 6.18 Å². The molecule has 0 aliphatic carbocycles. The van der Waals surface area contributed by atoms with Crippen LogP contribution in [0.1, 0.15) is 5.56 Å². The molecule has 4 rings (SSSR count). The average molecular weight is 365 g/mol. The summed E-state index contributed by atoms with van der Waals surface area (Å²) < 4.78 is 41.8. The second-order valence-electron chi connectivity index (χ2n) is 5.94. The Morgan fingerprint density at radius 1 is 0.741 bits per heavy atom. The summed E-state index contributed by atoms with van der Waals surface area (Å²) in [5, 5.41) is 4.30. The van der Waals surface area contributed by atoms with E-state index in [1.165, 1.54) is 12.1 Å². The van der Waals surface area contributed by atoms with E-state index in [-0.39, 0.29) is 5.56 Å². The number of aromatic nitrogens is 3. The van der Waals surface area contributed by atoms with Crippen LogP contribution in [-0.2, 0) is 6.18 Å². The number of hydrogen-bond donors (Lipinski definition) is 0. The zero-order valence-corrected chi connectivity index (χ0v) is 14.1. The summed E-state index contributed by atoms with van der Waals surface area (Å²) in [5.41, 5.74) is 1.50. The summed E-state index contributed by atoms with van der Waals surface area (Å²) in [5.74, 6) is 0.638. The molecule has 0 saturated carbocycles. The highest BCUT2D eigenvalue weighted by molar-refractivity contribution is 5.74. The van der Waals surface area contributed by atoms with Crippen molar-refractivity contribution in [2.75, 3.05) is 0 Å². The van der Waals surface area contributed by atoms with Crippen LogP contribution in [0.15, 0.2) is 85.2 Å². The van der Waals surface area contributed by atoms with Crippen LogP contribution in [0.2, 0.25) is 0 Å². The molecule has 3 nitrogen and oxygen atoms in total. The van der Waals surface area contributed by atoms with Crippen molar-refractivity contribution < 1.29 is 13.2 Å². The van der Waals surface area contributed by atoms with E-state index in [2.05, 4.69) is 10.1 Å². The second kappa shape index (κ2) is 6.72. The number of nitrogens with zero attached hydrogens (tertiary/aromatic N) is 3. The third-order valence-corrected chi connectivity index (χ3v) is 4.21. The quantitative estimate of drug-likeness (QED) is 0.472. The van der Waals surface area contributed by atoms with Crippen LogP contribution in [0.3, 0.4) is 0 Å². The molecule has 0 aliphatic rings. The Bertz CT molecular complexity index is 1070. The van der Waals surface area contributed by atoms with Gasteiger partial charge in [-0.25, -0.2) is 9.67 Å². The minimum absolute atomic E-state index is 0.149. The van der Waals surface area contributed by atoms with Crippen LogP contribution in [0.5, 0.6) is 0 Å². The normalized spacial score (nSPS) is 11.5. The third-order valence-electron chi connectivity index (χ3n) is 4.21. The smallest absolute Gasteiger partial charge is 0.237 e. The maximum Gasteiger partial charge on any atom is 0.417 e. The van der Waals surface area contributed by atoms with Crippen molar-refractivity contribution >= 4 is 0 Å². The van der Waals surface area contributed by atoms with Gasteiger partial charge in [0.2, 0.25) is 0 Å². The van der Waals surface area contributed by atoms with Crippen molar-refractivity contribution in [3.8, 4) is 28.2 Å². The zero-order chi connectivity index (χ0) is 18.9. The molecule has 0 atom stereocenters. The number of benzene rings is 2. The highest BCUT2D eigenvalue weighted by Gasteiger charge is 2.33. The van der Waals surface area contributed by atoms with Gasteiger partial charge in [-0.1, -0.05) is 42.5 Å². The second-order valence-corrected chi connectivity index (χ2v) is 5.94. The molecule has 134 valence electrons. The maximum absolute atomic E-state index is 13.4. The lowest BCUT2D eigenvalue weighted by Gasteiger charge is -2.14. The SMILES string of the molecule is FC(F)(F)c1ccccc1-c1cccc(-c2ccnn2-c2ccccn2)c1. The lowest BCUT2D eigenvalue weighted by molar-refractivity contribution is -0.137. The van der Waals surface area contributed by atoms with Crippen LogP contribution in [0.25, 0.3) is 28.2 Å². The molecule has 2 aromatic heterocycles. The molecule has 0 radical (unpaired) electrons. The maximum atomic E-state index is 13.4. The Hall–Kier alpha value is -3.41. The average Bonchev–Trinajstić information content (AvgIpc) is 3.18. The Labute approximate surface area is 153 Å². The number of alkyl halides is 3. The van der Waals surface area contributed by atoms with Gasteiger partial charge in [-0.3, -0.25) is 0 Å². The van der Waals surface area contributed by atoms with Gasteiger partial charge in [0.15, 0.2) is 5.82 Å². The number of halogens is 3. The minimum Gasteiger partial charge on any atom is -0.237 e. The molecule has 0 unspecified atom stereocenters. The largest absolute Gasteiger partial charge is 0.417 e. The molecule has 2 aromatic carbocycles. The fraction of sp³-hybridized carbons (Fsp3) is 0.0476. The van der Waals surface area contributed by atoms with Crippen molar-refractivity contribution in [1.82, 2.24) is 14.8 Å². The van der Waals surface area contributed by atoms with Crippen molar-refractivity contribution in [2.24, 2.45) is 0 Å². The highest BCUT2D eigenvalue weighted by atomic mass is 19.4. The molecule has 0 bridgehead atoms. The van der Waals surface area contributed by atoms with E-state index >= 15 is 0 Å². The Morgan fingerprint density at radius 3 is 2.30 bits per heavy atom. The van der Waals surface area contributed by atoms with Gasteiger partial charge in [0.25, 0.3) is 0 Å². The van der Waals surface area contributed by atoms with E-state index in [1.807, 2.05) is 24.3 Å². The monoisotopic (exact) mass is 365 g/mol. The van der Waals surface area contributed by atoms with Crippen LogP contribution in [-0.4, -0.2) is 14.8 Å². The van der Waals surface area contributed by atoms with Gasteiger partial charge in [-0.2, -0.15) is 18.3 Å². The van der Waals surface area contributed by atoms with Gasteiger partial charge in [-0.15, -0.1) is 0 Å². The number of pyridine rings is 1. The molecule has 2 heterocycles. The van der Waals surface area contributed by atoms with E-state index in [0.29, 0.717) is 11.4 Å². The highest BCUT2D eigenvalue weighted by Crippen LogP contribution is 2.38. The standard InChI is InChI=1S/C21H14F3N3/c22-21(23,24)18-9-2-1-8-17(18)15-6-5-7-16(14-15)19-11-13-26-27(19)20-10-3-4-12-25-20/h1-14H. The van der Waals surface area contributed by atoms with Crippen LogP contribution in [0.4, 0.5) is 13.2 Å².